The Morgan fingerprint density at radius 1 is 1.39 bits per heavy atom. The Kier molecular flexibility index (Phi) is 4.37. The van der Waals surface area contributed by atoms with E-state index in [1.54, 1.807) is 0 Å². The highest BCUT2D eigenvalue weighted by Crippen LogP contribution is 2.28. The third-order valence-corrected chi connectivity index (χ3v) is 3.79. The normalized spacial score (nSPS) is 18.3. The van der Waals surface area contributed by atoms with Crippen molar-refractivity contribution in [1.82, 2.24) is 4.90 Å². The highest BCUT2D eigenvalue weighted by molar-refractivity contribution is 5.67. The fraction of sp³-hybridized carbons (Fsp3) is 0.533. The lowest BCUT2D eigenvalue weighted by atomic mass is 9.89. The fourth-order valence-corrected chi connectivity index (χ4v) is 2.61. The average molecular weight is 247 g/mol. The van der Waals surface area contributed by atoms with Gasteiger partial charge < -0.3 is 10.0 Å². The van der Waals surface area contributed by atoms with Crippen LogP contribution in [0.1, 0.15) is 31.2 Å². The van der Waals surface area contributed by atoms with Crippen molar-refractivity contribution in [2.75, 3.05) is 19.6 Å². The summed E-state index contributed by atoms with van der Waals surface area (Å²) in [6, 6.07) is 10.6. The molecule has 1 atom stereocenters. The Bertz CT molecular complexity index is 385. The van der Waals surface area contributed by atoms with Crippen LogP contribution >= 0.6 is 0 Å². The van der Waals surface area contributed by atoms with Crippen molar-refractivity contribution in [2.24, 2.45) is 5.92 Å². The summed E-state index contributed by atoms with van der Waals surface area (Å²) in [5.74, 6) is 0.245. The van der Waals surface area contributed by atoms with Gasteiger partial charge in [-0.15, -0.1) is 0 Å². The summed E-state index contributed by atoms with van der Waals surface area (Å²) >= 11 is 0. The molecule has 0 amide bonds. The number of carboxylic acid groups (broad SMARTS) is 1. The topological polar surface area (TPSA) is 40.5 Å². The van der Waals surface area contributed by atoms with Gasteiger partial charge in [0.15, 0.2) is 0 Å². The van der Waals surface area contributed by atoms with E-state index in [9.17, 15) is 4.79 Å². The molecule has 1 aliphatic rings. The minimum Gasteiger partial charge on any atom is -0.481 e. The number of carbonyl (C=O) groups is 1. The quantitative estimate of drug-likeness (QED) is 0.840. The number of rotatable bonds is 6. The van der Waals surface area contributed by atoms with Gasteiger partial charge in [-0.1, -0.05) is 43.7 Å². The van der Waals surface area contributed by atoms with Crippen LogP contribution < -0.4 is 0 Å². The number of hydrogen-bond acceptors (Lipinski definition) is 2. The van der Waals surface area contributed by atoms with E-state index in [4.69, 9.17) is 5.11 Å². The van der Waals surface area contributed by atoms with Gasteiger partial charge in [-0.2, -0.15) is 0 Å². The van der Waals surface area contributed by atoms with E-state index in [0.29, 0.717) is 18.3 Å². The molecule has 1 aromatic carbocycles. The molecule has 0 radical (unpaired) electrons. The van der Waals surface area contributed by atoms with E-state index in [1.165, 1.54) is 5.56 Å². The molecule has 1 fully saturated rings. The van der Waals surface area contributed by atoms with E-state index < -0.39 is 5.97 Å². The molecule has 2 rings (SSSR count). The molecule has 1 heterocycles. The van der Waals surface area contributed by atoms with Crippen LogP contribution in [0.15, 0.2) is 30.3 Å². The van der Waals surface area contributed by atoms with Gasteiger partial charge in [-0.3, -0.25) is 4.79 Å². The molecule has 3 nitrogen and oxygen atoms in total. The van der Waals surface area contributed by atoms with Gasteiger partial charge in [0.1, 0.15) is 0 Å². The van der Waals surface area contributed by atoms with Crippen LogP contribution in [0.4, 0.5) is 0 Å². The van der Waals surface area contributed by atoms with Crippen molar-refractivity contribution in [3.63, 3.8) is 0 Å². The van der Waals surface area contributed by atoms with Gasteiger partial charge in [0, 0.05) is 32.0 Å². The Hall–Kier alpha value is -1.35. The number of nitrogens with zero attached hydrogens (tertiary/aromatic N) is 1. The molecule has 1 aliphatic heterocycles. The summed E-state index contributed by atoms with van der Waals surface area (Å²) in [7, 11) is 0. The van der Waals surface area contributed by atoms with Crippen LogP contribution in [0.25, 0.3) is 0 Å². The first kappa shape index (κ1) is 13.1. The standard InChI is InChI=1S/C15H21NO2/c1-2-12(8-15(17)18)9-16-10-14(11-16)13-6-4-3-5-7-13/h3-7,12,14H,2,8-11H2,1H3,(H,17,18). The second-order valence-electron chi connectivity index (χ2n) is 5.20. The van der Waals surface area contributed by atoms with Crippen molar-refractivity contribution >= 4 is 5.97 Å². The predicted octanol–water partition coefficient (Wildman–Crippen LogP) is 2.59. The smallest absolute Gasteiger partial charge is 0.303 e. The Morgan fingerprint density at radius 3 is 2.61 bits per heavy atom. The predicted molar refractivity (Wildman–Crippen MR) is 71.7 cm³/mol. The third-order valence-electron chi connectivity index (χ3n) is 3.79. The molecule has 98 valence electrons. The van der Waals surface area contributed by atoms with Crippen molar-refractivity contribution in [2.45, 2.75) is 25.7 Å². The van der Waals surface area contributed by atoms with Crippen LogP contribution in [0, 0.1) is 5.92 Å². The first-order valence-electron chi connectivity index (χ1n) is 6.68. The molecular formula is C15H21NO2. The van der Waals surface area contributed by atoms with Gasteiger partial charge in [0.2, 0.25) is 0 Å². The monoisotopic (exact) mass is 247 g/mol. The van der Waals surface area contributed by atoms with Gasteiger partial charge in [0.05, 0.1) is 0 Å². The number of carboxylic acids is 1. The number of hydrogen-bond donors (Lipinski definition) is 1. The highest BCUT2D eigenvalue weighted by atomic mass is 16.4. The highest BCUT2D eigenvalue weighted by Gasteiger charge is 2.29. The van der Waals surface area contributed by atoms with Crippen molar-refractivity contribution < 1.29 is 9.90 Å². The summed E-state index contributed by atoms with van der Waals surface area (Å²) in [6.45, 7) is 5.13. The Labute approximate surface area is 108 Å². The average Bonchev–Trinajstić information content (AvgIpc) is 2.32. The van der Waals surface area contributed by atoms with E-state index in [2.05, 4.69) is 36.1 Å². The molecule has 0 saturated carbocycles. The summed E-state index contributed by atoms with van der Waals surface area (Å²) < 4.78 is 0. The van der Waals surface area contributed by atoms with Crippen LogP contribution in [0.3, 0.4) is 0 Å². The van der Waals surface area contributed by atoms with E-state index in [0.717, 1.165) is 26.1 Å². The minimum atomic E-state index is -0.679. The molecule has 0 aliphatic carbocycles. The van der Waals surface area contributed by atoms with Crippen LogP contribution in [-0.4, -0.2) is 35.6 Å². The third kappa shape index (κ3) is 3.33. The van der Waals surface area contributed by atoms with Crippen LogP contribution in [-0.2, 0) is 4.79 Å². The lowest BCUT2D eigenvalue weighted by Gasteiger charge is -2.41. The SMILES string of the molecule is CCC(CC(=O)O)CN1CC(c2ccccc2)C1. The van der Waals surface area contributed by atoms with E-state index in [-0.39, 0.29) is 0 Å². The van der Waals surface area contributed by atoms with E-state index in [1.807, 2.05) is 6.07 Å². The summed E-state index contributed by atoms with van der Waals surface area (Å²) in [5.41, 5.74) is 1.40. The molecule has 1 saturated heterocycles. The summed E-state index contributed by atoms with van der Waals surface area (Å²) in [5, 5.41) is 8.83. The Balaban J connectivity index is 1.77. The van der Waals surface area contributed by atoms with Crippen molar-refractivity contribution in [3.8, 4) is 0 Å². The lowest BCUT2D eigenvalue weighted by molar-refractivity contribution is -0.138. The number of likely N-dealkylation sites (tertiary alicyclic amines) is 1. The molecule has 0 bridgehead atoms. The zero-order valence-corrected chi connectivity index (χ0v) is 10.9. The van der Waals surface area contributed by atoms with Gasteiger partial charge >= 0.3 is 5.97 Å². The van der Waals surface area contributed by atoms with Gasteiger partial charge in [-0.25, -0.2) is 0 Å². The maximum Gasteiger partial charge on any atom is 0.303 e. The molecule has 0 aromatic heterocycles. The van der Waals surface area contributed by atoms with Crippen LogP contribution in [0.5, 0.6) is 0 Å². The zero-order valence-electron chi connectivity index (χ0n) is 10.9. The Morgan fingerprint density at radius 2 is 2.06 bits per heavy atom. The zero-order chi connectivity index (χ0) is 13.0. The van der Waals surface area contributed by atoms with Gasteiger partial charge in [-0.05, 0) is 11.5 Å². The molecule has 3 heteroatoms. The maximum absolute atomic E-state index is 10.7. The molecule has 0 spiro atoms. The second kappa shape index (κ2) is 6.01. The first-order valence-corrected chi connectivity index (χ1v) is 6.68. The summed E-state index contributed by atoms with van der Waals surface area (Å²) in [6.07, 6.45) is 1.24. The van der Waals surface area contributed by atoms with Crippen molar-refractivity contribution in [1.29, 1.82) is 0 Å². The lowest BCUT2D eigenvalue weighted by Crippen LogP contribution is -2.47. The van der Waals surface area contributed by atoms with E-state index >= 15 is 0 Å². The molecule has 1 aromatic rings. The molecule has 1 N–H and O–H groups in total. The second-order valence-corrected chi connectivity index (χ2v) is 5.20. The largest absolute Gasteiger partial charge is 0.481 e. The van der Waals surface area contributed by atoms with Crippen LogP contribution in [0.2, 0.25) is 0 Å². The number of aliphatic carboxylic acids is 1. The first-order chi connectivity index (χ1) is 8.69. The maximum atomic E-state index is 10.7. The summed E-state index contributed by atoms with van der Waals surface area (Å²) in [4.78, 5) is 13.1. The number of benzene rings is 1. The fourth-order valence-electron chi connectivity index (χ4n) is 2.61. The molecule has 1 unspecified atom stereocenters. The molecular weight excluding hydrogens is 226 g/mol. The molecule has 18 heavy (non-hydrogen) atoms. The minimum absolute atomic E-state index is 0.291. The van der Waals surface area contributed by atoms with Gasteiger partial charge in [0.25, 0.3) is 0 Å². The van der Waals surface area contributed by atoms with Crippen molar-refractivity contribution in [3.05, 3.63) is 35.9 Å².